The molecule has 3 nitrogen and oxygen atoms in total. The van der Waals surface area contributed by atoms with E-state index < -0.39 is 6.10 Å². The van der Waals surface area contributed by atoms with Crippen molar-refractivity contribution in [2.45, 2.75) is 6.10 Å². The molecule has 1 rings (SSSR count). The Morgan fingerprint density at radius 1 is 1.43 bits per heavy atom. The van der Waals surface area contributed by atoms with Crippen molar-refractivity contribution in [1.82, 2.24) is 0 Å². The summed E-state index contributed by atoms with van der Waals surface area (Å²) in [5.74, 6) is 0. The lowest BCUT2D eigenvalue weighted by Gasteiger charge is -2.11. The fourth-order valence-corrected chi connectivity index (χ4v) is 1.42. The number of nitrogens with one attached hydrogen (secondary N) is 1. The molecule has 0 fully saturated rings. The zero-order valence-electron chi connectivity index (χ0n) is 7.50. The molecule has 0 aromatic heterocycles. The van der Waals surface area contributed by atoms with Crippen LogP contribution in [0, 0.1) is 0 Å². The summed E-state index contributed by atoms with van der Waals surface area (Å²) in [5.41, 5.74) is 5.99. The first-order chi connectivity index (χ1) is 6.63. The summed E-state index contributed by atoms with van der Waals surface area (Å²) in [6.07, 6.45) is -0.568. The number of rotatable bonds is 4. The van der Waals surface area contributed by atoms with Crippen molar-refractivity contribution in [3.05, 3.63) is 28.2 Å². The molecule has 0 heterocycles. The van der Waals surface area contributed by atoms with Gasteiger partial charge in [0.2, 0.25) is 0 Å². The molecule has 1 unspecified atom stereocenters. The second-order valence-electron chi connectivity index (χ2n) is 2.89. The van der Waals surface area contributed by atoms with Crippen LogP contribution in [-0.2, 0) is 0 Å². The number of aliphatic hydroxyl groups excluding tert-OH is 1. The van der Waals surface area contributed by atoms with Crippen LogP contribution in [0.5, 0.6) is 0 Å². The average Bonchev–Trinajstić information content (AvgIpc) is 2.16. The summed E-state index contributed by atoms with van der Waals surface area (Å²) in [4.78, 5) is 0. The predicted molar refractivity (Wildman–Crippen MR) is 60.0 cm³/mol. The van der Waals surface area contributed by atoms with E-state index >= 15 is 0 Å². The van der Waals surface area contributed by atoms with Crippen molar-refractivity contribution >= 4 is 28.9 Å². The van der Waals surface area contributed by atoms with Crippen LogP contribution in [0.1, 0.15) is 0 Å². The van der Waals surface area contributed by atoms with Crippen LogP contribution >= 0.6 is 23.2 Å². The number of benzene rings is 1. The van der Waals surface area contributed by atoms with E-state index in [-0.39, 0.29) is 6.54 Å². The third kappa shape index (κ3) is 3.35. The van der Waals surface area contributed by atoms with Crippen LogP contribution in [0.25, 0.3) is 0 Å². The number of aliphatic hydroxyl groups is 1. The summed E-state index contributed by atoms with van der Waals surface area (Å²) >= 11 is 11.6. The highest BCUT2D eigenvalue weighted by molar-refractivity contribution is 6.36. The third-order valence-electron chi connectivity index (χ3n) is 1.73. The van der Waals surface area contributed by atoms with Gasteiger partial charge in [-0.2, -0.15) is 0 Å². The standard InChI is InChI=1S/C9H12Cl2N2O/c10-6-1-2-9(8(11)3-6)13-5-7(14)4-12/h1-3,7,13-14H,4-5,12H2. The first-order valence-electron chi connectivity index (χ1n) is 4.20. The topological polar surface area (TPSA) is 58.3 Å². The van der Waals surface area contributed by atoms with Gasteiger partial charge >= 0.3 is 0 Å². The highest BCUT2D eigenvalue weighted by Crippen LogP contribution is 2.25. The molecule has 1 aromatic rings. The van der Waals surface area contributed by atoms with E-state index in [0.717, 1.165) is 5.69 Å². The van der Waals surface area contributed by atoms with Gasteiger partial charge in [0.05, 0.1) is 16.8 Å². The van der Waals surface area contributed by atoms with E-state index in [1.165, 1.54) is 0 Å². The van der Waals surface area contributed by atoms with Crippen LogP contribution in [0.3, 0.4) is 0 Å². The summed E-state index contributed by atoms with van der Waals surface area (Å²) in [6.45, 7) is 0.593. The Morgan fingerprint density at radius 2 is 2.14 bits per heavy atom. The Labute approximate surface area is 92.8 Å². The molecule has 0 saturated heterocycles. The lowest BCUT2D eigenvalue weighted by atomic mass is 10.3. The smallest absolute Gasteiger partial charge is 0.0834 e. The van der Waals surface area contributed by atoms with Gasteiger partial charge in [-0.05, 0) is 18.2 Å². The molecule has 0 aliphatic rings. The van der Waals surface area contributed by atoms with Crippen LogP contribution in [0.4, 0.5) is 5.69 Å². The number of hydrogen-bond acceptors (Lipinski definition) is 3. The van der Waals surface area contributed by atoms with Gasteiger partial charge in [-0.3, -0.25) is 0 Å². The Bertz CT molecular complexity index is 307. The van der Waals surface area contributed by atoms with Crippen LogP contribution in [0.2, 0.25) is 10.0 Å². The zero-order chi connectivity index (χ0) is 10.6. The molecule has 0 aliphatic carbocycles. The van der Waals surface area contributed by atoms with Crippen molar-refractivity contribution in [3.8, 4) is 0 Å². The van der Waals surface area contributed by atoms with E-state index in [0.29, 0.717) is 16.6 Å². The Kier molecular flexibility index (Phi) is 4.48. The lowest BCUT2D eigenvalue weighted by molar-refractivity contribution is 0.196. The minimum absolute atomic E-state index is 0.220. The van der Waals surface area contributed by atoms with Crippen molar-refractivity contribution < 1.29 is 5.11 Å². The average molecular weight is 235 g/mol. The van der Waals surface area contributed by atoms with Crippen molar-refractivity contribution in [3.63, 3.8) is 0 Å². The van der Waals surface area contributed by atoms with E-state index in [4.69, 9.17) is 28.9 Å². The molecule has 78 valence electrons. The monoisotopic (exact) mass is 234 g/mol. The number of nitrogens with two attached hydrogens (primary N) is 1. The molecule has 1 aromatic carbocycles. The maximum Gasteiger partial charge on any atom is 0.0834 e. The number of anilines is 1. The van der Waals surface area contributed by atoms with E-state index in [2.05, 4.69) is 5.32 Å². The lowest BCUT2D eigenvalue weighted by Crippen LogP contribution is -2.27. The SMILES string of the molecule is NCC(O)CNc1ccc(Cl)cc1Cl. The van der Waals surface area contributed by atoms with Gasteiger partial charge in [0.1, 0.15) is 0 Å². The molecule has 0 spiro atoms. The van der Waals surface area contributed by atoms with Crippen LogP contribution < -0.4 is 11.1 Å². The molecule has 0 radical (unpaired) electrons. The first-order valence-corrected chi connectivity index (χ1v) is 4.96. The third-order valence-corrected chi connectivity index (χ3v) is 2.28. The molecule has 4 N–H and O–H groups in total. The molecule has 0 amide bonds. The molecule has 0 aliphatic heterocycles. The Hall–Kier alpha value is -0.480. The van der Waals surface area contributed by atoms with Crippen molar-refractivity contribution in [2.24, 2.45) is 5.73 Å². The quantitative estimate of drug-likeness (QED) is 0.744. The van der Waals surface area contributed by atoms with Crippen LogP contribution in [-0.4, -0.2) is 24.3 Å². The van der Waals surface area contributed by atoms with Gasteiger partial charge in [0.25, 0.3) is 0 Å². The molecular weight excluding hydrogens is 223 g/mol. The highest BCUT2D eigenvalue weighted by Gasteiger charge is 2.03. The van der Waals surface area contributed by atoms with Crippen molar-refractivity contribution in [2.75, 3.05) is 18.4 Å². The predicted octanol–water partition coefficient (Wildman–Crippen LogP) is 1.72. The Balaban J connectivity index is 2.59. The van der Waals surface area contributed by atoms with Crippen molar-refractivity contribution in [1.29, 1.82) is 0 Å². The zero-order valence-corrected chi connectivity index (χ0v) is 9.02. The molecule has 0 bridgehead atoms. The van der Waals surface area contributed by atoms with Gasteiger partial charge in [0.15, 0.2) is 0 Å². The maximum absolute atomic E-state index is 9.21. The molecular formula is C9H12Cl2N2O. The normalized spacial score (nSPS) is 12.6. The molecule has 0 saturated carbocycles. The van der Waals surface area contributed by atoms with Gasteiger partial charge in [-0.15, -0.1) is 0 Å². The minimum Gasteiger partial charge on any atom is -0.390 e. The first kappa shape index (κ1) is 11.6. The van der Waals surface area contributed by atoms with E-state index in [1.54, 1.807) is 18.2 Å². The molecule has 14 heavy (non-hydrogen) atoms. The number of halogens is 2. The van der Waals surface area contributed by atoms with E-state index in [9.17, 15) is 5.11 Å². The van der Waals surface area contributed by atoms with Crippen LogP contribution in [0.15, 0.2) is 18.2 Å². The fourth-order valence-electron chi connectivity index (χ4n) is 0.944. The summed E-state index contributed by atoms with van der Waals surface area (Å²) in [5, 5.41) is 13.3. The van der Waals surface area contributed by atoms with Gasteiger partial charge in [-0.1, -0.05) is 23.2 Å². The van der Waals surface area contributed by atoms with Gasteiger partial charge < -0.3 is 16.2 Å². The largest absolute Gasteiger partial charge is 0.390 e. The van der Waals surface area contributed by atoms with Gasteiger partial charge in [-0.25, -0.2) is 0 Å². The Morgan fingerprint density at radius 3 is 2.71 bits per heavy atom. The summed E-state index contributed by atoms with van der Waals surface area (Å²) in [6, 6.07) is 5.12. The van der Waals surface area contributed by atoms with E-state index in [1.807, 2.05) is 0 Å². The molecule has 5 heteroatoms. The highest BCUT2D eigenvalue weighted by atomic mass is 35.5. The fraction of sp³-hybridized carbons (Fsp3) is 0.333. The minimum atomic E-state index is -0.568. The van der Waals surface area contributed by atoms with Gasteiger partial charge in [0, 0.05) is 18.1 Å². The molecule has 1 atom stereocenters. The maximum atomic E-state index is 9.21. The second kappa shape index (κ2) is 5.41. The number of hydrogen-bond donors (Lipinski definition) is 3. The summed E-state index contributed by atoms with van der Waals surface area (Å²) in [7, 11) is 0. The summed E-state index contributed by atoms with van der Waals surface area (Å²) < 4.78 is 0. The second-order valence-corrected chi connectivity index (χ2v) is 3.74.